The van der Waals surface area contributed by atoms with Gasteiger partial charge >= 0.3 is 0 Å². The Labute approximate surface area is 130 Å². The first kappa shape index (κ1) is 14.9. The molecule has 0 spiro atoms. The van der Waals surface area contributed by atoms with E-state index in [0.29, 0.717) is 26.5 Å². The number of nitrogens with two attached hydrogens (primary N) is 1. The molecule has 0 heterocycles. The maximum absolute atomic E-state index is 12.3. The highest BCUT2D eigenvalue weighted by molar-refractivity contribution is 9.10. The quantitative estimate of drug-likeness (QED) is 0.664. The fourth-order valence-electron chi connectivity index (χ4n) is 1.86. The molecular weight excluding hydrogens is 342 g/mol. The van der Waals surface area contributed by atoms with E-state index >= 15 is 0 Å². The molecule has 0 aromatic heterocycles. The number of carbonyl (C=O) groups excluding carboxylic acids is 1. The molecule has 2 rings (SSSR count). The Bertz CT molecular complexity index is 658. The second kappa shape index (κ2) is 6.29. The van der Waals surface area contributed by atoms with E-state index in [1.165, 1.54) is 0 Å². The van der Waals surface area contributed by atoms with Crippen molar-refractivity contribution in [2.45, 2.75) is 6.42 Å². The van der Waals surface area contributed by atoms with Crippen molar-refractivity contribution in [3.63, 3.8) is 0 Å². The Morgan fingerprint density at radius 2 is 2.05 bits per heavy atom. The fraction of sp³-hybridized carbons (Fsp3) is 0.133. The lowest BCUT2D eigenvalue weighted by molar-refractivity contribution is 0.0992. The Hall–Kier alpha value is -1.52. The monoisotopic (exact) mass is 353 g/mol. The van der Waals surface area contributed by atoms with Gasteiger partial charge in [-0.2, -0.15) is 0 Å². The van der Waals surface area contributed by atoms with Gasteiger partial charge in [0.1, 0.15) is 5.75 Å². The van der Waals surface area contributed by atoms with E-state index in [4.69, 9.17) is 22.1 Å². The first-order valence-electron chi connectivity index (χ1n) is 5.92. The number of anilines is 1. The normalized spacial score (nSPS) is 10.3. The van der Waals surface area contributed by atoms with Gasteiger partial charge in [0.2, 0.25) is 0 Å². The van der Waals surface area contributed by atoms with Crippen molar-refractivity contribution in [2.24, 2.45) is 0 Å². The van der Waals surface area contributed by atoms with Crippen LogP contribution in [-0.4, -0.2) is 12.9 Å². The van der Waals surface area contributed by atoms with Gasteiger partial charge in [0.05, 0.1) is 7.11 Å². The second-order valence-corrected chi connectivity index (χ2v) is 5.58. The predicted octanol–water partition coefficient (Wildman–Crippen LogP) is 4.12. The van der Waals surface area contributed by atoms with Crippen LogP contribution in [0.1, 0.15) is 15.9 Å². The highest BCUT2D eigenvalue weighted by atomic mass is 79.9. The van der Waals surface area contributed by atoms with Crippen LogP contribution in [0, 0.1) is 0 Å². The number of nitrogen functional groups attached to an aromatic ring is 1. The van der Waals surface area contributed by atoms with Crippen LogP contribution in [-0.2, 0) is 6.42 Å². The maximum atomic E-state index is 12.3. The summed E-state index contributed by atoms with van der Waals surface area (Å²) in [5.74, 6) is 0.628. The van der Waals surface area contributed by atoms with Crippen molar-refractivity contribution < 1.29 is 9.53 Å². The highest BCUT2D eigenvalue weighted by Gasteiger charge is 2.12. The van der Waals surface area contributed by atoms with E-state index in [-0.39, 0.29) is 12.2 Å². The third-order valence-corrected chi connectivity index (χ3v) is 3.84. The minimum atomic E-state index is -0.0220. The van der Waals surface area contributed by atoms with Crippen molar-refractivity contribution in [3.8, 4) is 5.75 Å². The van der Waals surface area contributed by atoms with Gasteiger partial charge in [0.25, 0.3) is 0 Å². The summed E-state index contributed by atoms with van der Waals surface area (Å²) in [5.41, 5.74) is 7.66. The summed E-state index contributed by atoms with van der Waals surface area (Å²) in [7, 11) is 1.57. The van der Waals surface area contributed by atoms with E-state index in [1.54, 1.807) is 43.5 Å². The van der Waals surface area contributed by atoms with Crippen LogP contribution < -0.4 is 10.5 Å². The summed E-state index contributed by atoms with van der Waals surface area (Å²) in [6, 6.07) is 10.4. The number of ether oxygens (including phenoxy) is 1. The molecule has 2 aromatic carbocycles. The molecule has 2 aromatic rings. The Balaban J connectivity index is 2.27. The van der Waals surface area contributed by atoms with Gasteiger partial charge in [-0.25, -0.2) is 0 Å². The van der Waals surface area contributed by atoms with Gasteiger partial charge in [-0.15, -0.1) is 0 Å². The highest BCUT2D eigenvalue weighted by Crippen LogP contribution is 2.25. The molecule has 0 unspecified atom stereocenters. The molecule has 104 valence electrons. The number of ketones is 1. The molecular formula is C15H13BrClNO2. The van der Waals surface area contributed by atoms with E-state index in [9.17, 15) is 4.79 Å². The summed E-state index contributed by atoms with van der Waals surface area (Å²) in [6.07, 6.45) is 0.222. The molecule has 0 aliphatic rings. The standard InChI is InChI=1S/C15H13BrClNO2/c1-20-15-5-3-11(17)6-10(15)8-14(19)9-2-4-13(18)12(16)7-9/h2-7H,8,18H2,1H3. The molecule has 0 radical (unpaired) electrons. The third-order valence-electron chi connectivity index (χ3n) is 2.92. The summed E-state index contributed by atoms with van der Waals surface area (Å²) in [6.45, 7) is 0. The number of Topliss-reactive ketones (excluding diaryl/α,β-unsaturated/α-hetero) is 1. The van der Waals surface area contributed by atoms with Gasteiger partial charge < -0.3 is 10.5 Å². The number of carbonyl (C=O) groups is 1. The summed E-state index contributed by atoms with van der Waals surface area (Å²) in [4.78, 5) is 12.3. The zero-order chi connectivity index (χ0) is 14.7. The van der Waals surface area contributed by atoms with Gasteiger partial charge in [-0.05, 0) is 52.3 Å². The molecule has 0 fully saturated rings. The molecule has 3 nitrogen and oxygen atoms in total. The van der Waals surface area contributed by atoms with Crippen molar-refractivity contribution in [1.82, 2.24) is 0 Å². The molecule has 20 heavy (non-hydrogen) atoms. The van der Waals surface area contributed by atoms with Gasteiger partial charge in [0.15, 0.2) is 5.78 Å². The maximum Gasteiger partial charge on any atom is 0.167 e. The minimum absolute atomic E-state index is 0.0220. The minimum Gasteiger partial charge on any atom is -0.496 e. The fourth-order valence-corrected chi connectivity index (χ4v) is 2.43. The second-order valence-electron chi connectivity index (χ2n) is 4.29. The molecule has 0 atom stereocenters. The average Bonchev–Trinajstić information content (AvgIpc) is 2.42. The van der Waals surface area contributed by atoms with Gasteiger partial charge in [0, 0.05) is 32.7 Å². The van der Waals surface area contributed by atoms with Crippen LogP contribution in [0.2, 0.25) is 5.02 Å². The van der Waals surface area contributed by atoms with Crippen molar-refractivity contribution >= 4 is 39.0 Å². The topological polar surface area (TPSA) is 52.3 Å². The zero-order valence-electron chi connectivity index (χ0n) is 10.8. The molecule has 0 aliphatic carbocycles. The van der Waals surface area contributed by atoms with E-state index < -0.39 is 0 Å². The molecule has 5 heteroatoms. The first-order valence-corrected chi connectivity index (χ1v) is 7.09. The van der Waals surface area contributed by atoms with Crippen molar-refractivity contribution in [3.05, 3.63) is 57.0 Å². The van der Waals surface area contributed by atoms with Crippen LogP contribution in [0.25, 0.3) is 0 Å². The number of hydrogen-bond donors (Lipinski definition) is 1. The van der Waals surface area contributed by atoms with Crippen LogP contribution in [0.15, 0.2) is 40.9 Å². The lowest BCUT2D eigenvalue weighted by Crippen LogP contribution is -2.05. The van der Waals surface area contributed by atoms with E-state index in [0.717, 1.165) is 5.56 Å². The average molecular weight is 355 g/mol. The molecule has 0 saturated heterocycles. The number of methoxy groups -OCH3 is 1. The van der Waals surface area contributed by atoms with Gasteiger partial charge in [-0.1, -0.05) is 11.6 Å². The SMILES string of the molecule is COc1ccc(Cl)cc1CC(=O)c1ccc(N)c(Br)c1. The summed E-state index contributed by atoms with van der Waals surface area (Å²) in [5, 5.41) is 0.576. The van der Waals surface area contributed by atoms with Crippen LogP contribution in [0.5, 0.6) is 5.75 Å². The Morgan fingerprint density at radius 1 is 1.30 bits per heavy atom. The predicted molar refractivity (Wildman–Crippen MR) is 84.6 cm³/mol. The molecule has 2 N–H and O–H groups in total. The largest absolute Gasteiger partial charge is 0.496 e. The van der Waals surface area contributed by atoms with E-state index in [2.05, 4.69) is 15.9 Å². The van der Waals surface area contributed by atoms with E-state index in [1.807, 2.05) is 0 Å². The Morgan fingerprint density at radius 3 is 2.70 bits per heavy atom. The van der Waals surface area contributed by atoms with Crippen LogP contribution in [0.4, 0.5) is 5.69 Å². The van der Waals surface area contributed by atoms with Crippen molar-refractivity contribution in [1.29, 1.82) is 0 Å². The smallest absolute Gasteiger partial charge is 0.167 e. The number of halogens is 2. The Kier molecular flexibility index (Phi) is 4.68. The molecule has 0 amide bonds. The molecule has 0 bridgehead atoms. The zero-order valence-corrected chi connectivity index (χ0v) is 13.2. The number of hydrogen-bond acceptors (Lipinski definition) is 3. The lowest BCUT2D eigenvalue weighted by Gasteiger charge is -2.09. The first-order chi connectivity index (χ1) is 9.51. The lowest BCUT2D eigenvalue weighted by atomic mass is 10.0. The third kappa shape index (κ3) is 3.32. The van der Waals surface area contributed by atoms with Gasteiger partial charge in [-0.3, -0.25) is 4.79 Å². The number of rotatable bonds is 4. The number of benzene rings is 2. The molecule has 0 aliphatic heterocycles. The molecule has 0 saturated carbocycles. The summed E-state index contributed by atoms with van der Waals surface area (Å²) >= 11 is 9.27. The summed E-state index contributed by atoms with van der Waals surface area (Å²) < 4.78 is 5.95. The van der Waals surface area contributed by atoms with Crippen LogP contribution >= 0.6 is 27.5 Å². The van der Waals surface area contributed by atoms with Crippen LogP contribution in [0.3, 0.4) is 0 Å². The van der Waals surface area contributed by atoms with Crippen molar-refractivity contribution in [2.75, 3.05) is 12.8 Å².